The third kappa shape index (κ3) is 6.60. The molecule has 2 aliphatic rings. The van der Waals surface area contributed by atoms with E-state index in [1.54, 1.807) is 16.8 Å². The minimum atomic E-state index is -0.309. The van der Waals surface area contributed by atoms with Crippen molar-refractivity contribution in [1.29, 1.82) is 0 Å². The molecule has 6 rings (SSSR count). The Kier molecular flexibility index (Phi) is 8.87. The average molecular weight is 581 g/mol. The monoisotopic (exact) mass is 580 g/mol. The number of piperazine rings is 1. The molecule has 12 nitrogen and oxygen atoms in total. The maximum Gasteiger partial charge on any atom is 0.243 e. The summed E-state index contributed by atoms with van der Waals surface area (Å²) in [5.41, 5.74) is 4.48. The first-order chi connectivity index (χ1) is 20.2. The van der Waals surface area contributed by atoms with E-state index in [9.17, 15) is 4.79 Å². The highest BCUT2D eigenvalue weighted by molar-refractivity contribution is 7.21. The molecule has 1 aromatic carbocycles. The molecule has 5 heterocycles. The van der Waals surface area contributed by atoms with E-state index >= 15 is 0 Å². The number of thiophene rings is 1. The highest BCUT2D eigenvalue weighted by Gasteiger charge is 2.23. The Labute approximate surface area is 242 Å². The van der Waals surface area contributed by atoms with Crippen LogP contribution >= 0.6 is 11.3 Å². The van der Waals surface area contributed by atoms with Crippen molar-refractivity contribution in [1.82, 2.24) is 35.6 Å². The summed E-state index contributed by atoms with van der Waals surface area (Å²) in [5.74, 6) is 1.30. The Hall–Kier alpha value is -3.36. The zero-order chi connectivity index (χ0) is 28.0. The minimum absolute atomic E-state index is 0.309. The standard InChI is InChI=1S/C28H36N8O4S/c37-24(33-38)8-3-1-2-4-9-34-10-12-36(13-11-34)40-25-18-23-26(41-25)28(35-14-16-39-17-15-35)31-27(30-23)20-6-5-7-22-21(20)19-29-32-22/h5-7,18-19,38H,1-4,8-17H2,(H,29,32)(H,33,37). The van der Waals surface area contributed by atoms with Gasteiger partial charge in [-0.25, -0.2) is 15.4 Å². The number of nitrogens with zero attached hydrogens (tertiary/aromatic N) is 6. The van der Waals surface area contributed by atoms with Gasteiger partial charge in [-0.15, -0.1) is 5.06 Å². The number of rotatable bonds is 11. The second-order valence-corrected chi connectivity index (χ2v) is 11.5. The van der Waals surface area contributed by atoms with Gasteiger partial charge >= 0.3 is 0 Å². The van der Waals surface area contributed by atoms with Gasteiger partial charge in [0.15, 0.2) is 11.6 Å². The van der Waals surface area contributed by atoms with E-state index in [4.69, 9.17) is 24.7 Å². The molecule has 218 valence electrons. The summed E-state index contributed by atoms with van der Waals surface area (Å²) < 4.78 is 6.64. The van der Waals surface area contributed by atoms with Crippen LogP contribution in [0.15, 0.2) is 30.5 Å². The van der Waals surface area contributed by atoms with Gasteiger partial charge in [0, 0.05) is 62.7 Å². The van der Waals surface area contributed by atoms with Gasteiger partial charge in [-0.05, 0) is 25.5 Å². The molecule has 0 unspecified atom stereocenters. The second-order valence-electron chi connectivity index (χ2n) is 10.4. The zero-order valence-electron chi connectivity index (χ0n) is 23.0. The number of amides is 1. The number of nitrogens with one attached hydrogen (secondary N) is 2. The fourth-order valence-corrected chi connectivity index (χ4v) is 6.40. The van der Waals surface area contributed by atoms with Crippen molar-refractivity contribution in [2.45, 2.75) is 32.1 Å². The Bertz CT molecular complexity index is 1460. The molecular weight excluding hydrogens is 544 g/mol. The number of hydrogen-bond acceptors (Lipinski definition) is 11. The Morgan fingerprint density at radius 2 is 1.90 bits per heavy atom. The van der Waals surface area contributed by atoms with Crippen LogP contribution in [0, 0.1) is 0 Å². The van der Waals surface area contributed by atoms with Gasteiger partial charge in [0.1, 0.15) is 0 Å². The lowest BCUT2D eigenvalue weighted by Gasteiger charge is -2.33. The average Bonchev–Trinajstić information content (AvgIpc) is 3.66. The van der Waals surface area contributed by atoms with Crippen LogP contribution in [0.2, 0.25) is 0 Å². The molecule has 2 saturated heterocycles. The number of benzene rings is 1. The van der Waals surface area contributed by atoms with Crippen molar-refractivity contribution < 1.29 is 19.6 Å². The topological polar surface area (TPSA) is 132 Å². The first-order valence-corrected chi connectivity index (χ1v) is 15.1. The van der Waals surface area contributed by atoms with Crippen LogP contribution in [0.3, 0.4) is 0 Å². The quantitative estimate of drug-likeness (QED) is 0.138. The molecule has 0 saturated carbocycles. The van der Waals surface area contributed by atoms with E-state index in [0.717, 1.165) is 109 Å². The Balaban J connectivity index is 1.11. The SMILES string of the molecule is O=C(CCCCCCN1CCN(Oc2cc3nc(-c4cccc5[nH]ncc45)nc(N4CCOCC4)c3s2)CC1)NO. The van der Waals surface area contributed by atoms with Gasteiger partial charge in [-0.3, -0.25) is 15.1 Å². The zero-order valence-corrected chi connectivity index (χ0v) is 23.9. The number of carbonyl (C=O) groups is 1. The van der Waals surface area contributed by atoms with Crippen LogP contribution in [0.25, 0.3) is 32.5 Å². The molecule has 2 fully saturated rings. The summed E-state index contributed by atoms with van der Waals surface area (Å²) in [6, 6.07) is 8.08. The van der Waals surface area contributed by atoms with Gasteiger partial charge in [0.25, 0.3) is 0 Å². The fraction of sp³-hybridized carbons (Fsp3) is 0.500. The number of hydrogen-bond donors (Lipinski definition) is 3. The molecule has 0 aliphatic carbocycles. The maximum absolute atomic E-state index is 11.1. The normalized spacial score (nSPS) is 17.0. The Morgan fingerprint density at radius 1 is 1.07 bits per heavy atom. The molecule has 0 spiro atoms. The number of unbranched alkanes of at least 4 members (excludes halogenated alkanes) is 3. The summed E-state index contributed by atoms with van der Waals surface area (Å²) >= 11 is 1.60. The number of hydroxylamine groups is 3. The number of aromatic nitrogens is 4. The van der Waals surface area contributed by atoms with E-state index in [1.165, 1.54) is 0 Å². The van der Waals surface area contributed by atoms with Crippen LogP contribution in [-0.4, -0.2) is 100 Å². The number of H-pyrrole nitrogens is 1. The largest absolute Gasteiger partial charge is 0.395 e. The molecule has 2 aliphatic heterocycles. The van der Waals surface area contributed by atoms with Crippen molar-refractivity contribution in [2.75, 3.05) is 63.9 Å². The first-order valence-electron chi connectivity index (χ1n) is 14.3. The highest BCUT2D eigenvalue weighted by Crippen LogP contribution is 2.39. The predicted octanol–water partition coefficient (Wildman–Crippen LogP) is 3.44. The van der Waals surface area contributed by atoms with Crippen molar-refractivity contribution >= 4 is 44.2 Å². The van der Waals surface area contributed by atoms with Crippen LogP contribution in [0.1, 0.15) is 32.1 Å². The van der Waals surface area contributed by atoms with Crippen LogP contribution in [0.5, 0.6) is 5.06 Å². The molecular formula is C28H36N8O4S. The molecule has 0 atom stereocenters. The third-order valence-corrected chi connectivity index (χ3v) is 8.66. The molecule has 0 bridgehead atoms. The number of ether oxygens (including phenoxy) is 1. The summed E-state index contributed by atoms with van der Waals surface area (Å²) in [6.45, 7) is 7.56. The van der Waals surface area contributed by atoms with E-state index in [1.807, 2.05) is 35.5 Å². The number of anilines is 1. The molecule has 1 amide bonds. The van der Waals surface area contributed by atoms with Crippen LogP contribution in [0.4, 0.5) is 5.82 Å². The van der Waals surface area contributed by atoms with Gasteiger partial charge in [0.05, 0.1) is 35.1 Å². The molecule has 4 aromatic rings. The van der Waals surface area contributed by atoms with Crippen LogP contribution in [-0.2, 0) is 9.53 Å². The van der Waals surface area contributed by atoms with Crippen molar-refractivity contribution in [2.24, 2.45) is 0 Å². The van der Waals surface area contributed by atoms with E-state index in [-0.39, 0.29) is 5.91 Å². The summed E-state index contributed by atoms with van der Waals surface area (Å²) in [6.07, 6.45) is 6.20. The number of fused-ring (bicyclic) bond motifs is 2. The fourth-order valence-electron chi connectivity index (χ4n) is 5.41. The van der Waals surface area contributed by atoms with Gasteiger partial charge in [-0.1, -0.05) is 36.3 Å². The van der Waals surface area contributed by atoms with Crippen LogP contribution < -0.4 is 15.2 Å². The lowest BCUT2D eigenvalue weighted by atomic mass is 10.1. The molecule has 3 aromatic heterocycles. The summed E-state index contributed by atoms with van der Waals surface area (Å²) in [5, 5.41) is 19.7. The van der Waals surface area contributed by atoms with Crippen molar-refractivity contribution in [3.63, 3.8) is 0 Å². The number of carbonyl (C=O) groups excluding carboxylic acids is 1. The van der Waals surface area contributed by atoms with Crippen molar-refractivity contribution in [3.05, 3.63) is 30.5 Å². The van der Waals surface area contributed by atoms with Gasteiger partial charge < -0.3 is 19.4 Å². The predicted molar refractivity (Wildman–Crippen MR) is 157 cm³/mol. The van der Waals surface area contributed by atoms with E-state index < -0.39 is 0 Å². The lowest BCUT2D eigenvalue weighted by molar-refractivity contribution is -0.129. The maximum atomic E-state index is 11.1. The molecule has 0 radical (unpaired) electrons. The summed E-state index contributed by atoms with van der Waals surface area (Å²) in [4.78, 5) is 32.3. The Morgan fingerprint density at radius 3 is 2.73 bits per heavy atom. The highest BCUT2D eigenvalue weighted by atomic mass is 32.1. The molecule has 41 heavy (non-hydrogen) atoms. The molecule has 13 heteroatoms. The van der Waals surface area contributed by atoms with Gasteiger partial charge in [-0.2, -0.15) is 5.10 Å². The first kappa shape index (κ1) is 27.8. The summed E-state index contributed by atoms with van der Waals surface area (Å²) in [7, 11) is 0. The van der Waals surface area contributed by atoms with Gasteiger partial charge in [0.2, 0.25) is 11.0 Å². The minimum Gasteiger partial charge on any atom is -0.395 e. The van der Waals surface area contributed by atoms with Crippen molar-refractivity contribution in [3.8, 4) is 16.5 Å². The third-order valence-electron chi connectivity index (χ3n) is 7.67. The lowest BCUT2D eigenvalue weighted by Crippen LogP contribution is -2.47. The smallest absolute Gasteiger partial charge is 0.243 e. The van der Waals surface area contributed by atoms with E-state index in [0.29, 0.717) is 25.5 Å². The number of morpholine rings is 1. The van der Waals surface area contributed by atoms with E-state index in [2.05, 4.69) is 20.0 Å². The molecule has 3 N–H and O–H groups in total. The number of aromatic amines is 1. The second kappa shape index (κ2) is 13.1.